The van der Waals surface area contributed by atoms with Crippen molar-refractivity contribution in [3.05, 3.63) is 35.4 Å². The van der Waals surface area contributed by atoms with Crippen molar-refractivity contribution in [2.24, 2.45) is 5.92 Å². The zero-order valence-corrected chi connectivity index (χ0v) is 13.6. The first-order valence-corrected chi connectivity index (χ1v) is 8.70. The maximum Gasteiger partial charge on any atom is 0.338 e. The van der Waals surface area contributed by atoms with Crippen molar-refractivity contribution in [3.63, 3.8) is 0 Å². The van der Waals surface area contributed by atoms with Crippen LogP contribution >= 0.6 is 0 Å². The Hall–Kier alpha value is -1.40. The van der Waals surface area contributed by atoms with E-state index in [9.17, 15) is 13.2 Å². The predicted octanol–water partition coefficient (Wildman–Crippen LogP) is 2.93. The molecule has 0 fully saturated rings. The molecule has 0 saturated carbocycles. The van der Waals surface area contributed by atoms with E-state index in [1.165, 1.54) is 0 Å². The molecule has 118 valence electrons. The Morgan fingerprint density at radius 2 is 1.76 bits per heavy atom. The Balaban J connectivity index is 2.95. The van der Waals surface area contributed by atoms with Crippen molar-refractivity contribution in [2.45, 2.75) is 33.3 Å². The lowest BCUT2D eigenvalue weighted by molar-refractivity contribution is 0.0526. The minimum atomic E-state index is -3.54. The highest BCUT2D eigenvalue weighted by atomic mass is 32.2. The maximum absolute atomic E-state index is 11.6. The smallest absolute Gasteiger partial charge is 0.338 e. The Labute approximate surface area is 126 Å². The molecule has 1 aromatic rings. The molecule has 0 saturated heterocycles. The Morgan fingerprint density at radius 3 is 2.19 bits per heavy atom. The largest absolute Gasteiger partial charge is 0.462 e. The van der Waals surface area contributed by atoms with E-state index in [-0.39, 0.29) is 5.92 Å². The first kappa shape index (κ1) is 17.7. The average molecular weight is 314 g/mol. The lowest BCUT2D eigenvalue weighted by Gasteiger charge is -2.19. The molecule has 0 unspecified atom stereocenters. The van der Waals surface area contributed by atoms with Gasteiger partial charge in [-0.3, -0.25) is 4.18 Å². The number of hydrogen-bond acceptors (Lipinski definition) is 5. The molecule has 0 bridgehead atoms. The molecule has 5 nitrogen and oxygen atoms in total. The van der Waals surface area contributed by atoms with Gasteiger partial charge in [-0.1, -0.05) is 26.0 Å². The van der Waals surface area contributed by atoms with E-state index < -0.39 is 22.2 Å². The van der Waals surface area contributed by atoms with Crippen LogP contribution in [0.25, 0.3) is 0 Å². The van der Waals surface area contributed by atoms with Crippen molar-refractivity contribution in [2.75, 3.05) is 12.9 Å². The molecule has 0 aliphatic heterocycles. The lowest BCUT2D eigenvalue weighted by Crippen LogP contribution is -2.13. The number of carbonyl (C=O) groups excluding carboxylic acids is 1. The second-order valence-electron chi connectivity index (χ2n) is 5.26. The third kappa shape index (κ3) is 6.27. The van der Waals surface area contributed by atoms with Crippen LogP contribution in [0.3, 0.4) is 0 Å². The molecule has 1 rings (SSSR count). The summed E-state index contributed by atoms with van der Waals surface area (Å²) in [5.74, 6) is -0.116. The van der Waals surface area contributed by atoms with Crippen molar-refractivity contribution in [1.82, 2.24) is 0 Å². The summed E-state index contributed by atoms with van der Waals surface area (Å²) in [7, 11) is -3.54. The summed E-state index contributed by atoms with van der Waals surface area (Å²) in [4.78, 5) is 11.6. The number of ether oxygens (including phenoxy) is 1. The van der Waals surface area contributed by atoms with Crippen LogP contribution in [0.4, 0.5) is 0 Å². The van der Waals surface area contributed by atoms with Gasteiger partial charge in [-0.05, 0) is 37.0 Å². The third-order valence-corrected chi connectivity index (χ3v) is 3.35. The number of rotatable bonds is 7. The standard InChI is InChI=1S/C15H22O5S/c1-5-19-15(16)13-8-6-12(7-9-13)14(10-11(2)3)20-21(4,17)18/h6-9,11,14H,5,10H2,1-4H3/t14-/m0/s1. The number of esters is 1. The summed E-state index contributed by atoms with van der Waals surface area (Å²) in [5.41, 5.74) is 1.16. The van der Waals surface area contributed by atoms with Crippen LogP contribution in [0.1, 0.15) is 49.2 Å². The topological polar surface area (TPSA) is 69.7 Å². The van der Waals surface area contributed by atoms with Crippen molar-refractivity contribution in [1.29, 1.82) is 0 Å². The normalized spacial score (nSPS) is 13.2. The summed E-state index contributed by atoms with van der Waals surface area (Å²) in [6, 6.07) is 6.63. The highest BCUT2D eigenvalue weighted by molar-refractivity contribution is 7.86. The fraction of sp³-hybridized carbons (Fsp3) is 0.533. The van der Waals surface area contributed by atoms with Gasteiger partial charge >= 0.3 is 5.97 Å². The van der Waals surface area contributed by atoms with Gasteiger partial charge in [-0.15, -0.1) is 0 Å². The zero-order chi connectivity index (χ0) is 16.0. The first-order valence-electron chi connectivity index (χ1n) is 6.88. The fourth-order valence-electron chi connectivity index (χ4n) is 1.92. The second kappa shape index (κ2) is 7.56. The quantitative estimate of drug-likeness (QED) is 0.571. The summed E-state index contributed by atoms with van der Waals surface area (Å²) in [5, 5.41) is 0. The molecular weight excluding hydrogens is 292 g/mol. The van der Waals surface area contributed by atoms with E-state index in [2.05, 4.69) is 0 Å². The molecule has 0 aliphatic carbocycles. The van der Waals surface area contributed by atoms with Gasteiger partial charge in [-0.2, -0.15) is 8.42 Å². The minimum absolute atomic E-state index is 0.279. The van der Waals surface area contributed by atoms with Gasteiger partial charge in [0.05, 0.1) is 18.4 Å². The summed E-state index contributed by atoms with van der Waals surface area (Å²) >= 11 is 0. The number of benzene rings is 1. The third-order valence-electron chi connectivity index (χ3n) is 2.77. The van der Waals surface area contributed by atoms with Crippen molar-refractivity contribution < 1.29 is 22.1 Å². The Bertz CT molecular complexity index is 560. The monoisotopic (exact) mass is 314 g/mol. The molecule has 0 N–H and O–H groups in total. The van der Waals surface area contributed by atoms with E-state index in [1.807, 2.05) is 13.8 Å². The molecule has 0 spiro atoms. The minimum Gasteiger partial charge on any atom is -0.462 e. The maximum atomic E-state index is 11.6. The molecule has 21 heavy (non-hydrogen) atoms. The summed E-state index contributed by atoms with van der Waals surface area (Å²) in [6.45, 7) is 6.04. The van der Waals surface area contributed by atoms with E-state index >= 15 is 0 Å². The summed E-state index contributed by atoms with van der Waals surface area (Å²) in [6.07, 6.45) is 1.07. The molecular formula is C15H22O5S. The van der Waals surface area contributed by atoms with Crippen LogP contribution in [0.15, 0.2) is 24.3 Å². The second-order valence-corrected chi connectivity index (χ2v) is 6.86. The number of carbonyl (C=O) groups is 1. The van der Waals surface area contributed by atoms with Gasteiger partial charge in [0.15, 0.2) is 0 Å². The van der Waals surface area contributed by atoms with E-state index in [0.29, 0.717) is 18.6 Å². The zero-order valence-electron chi connectivity index (χ0n) is 12.8. The van der Waals surface area contributed by atoms with Crippen LogP contribution in [0, 0.1) is 5.92 Å². The van der Waals surface area contributed by atoms with Crippen LogP contribution < -0.4 is 0 Å². The van der Waals surface area contributed by atoms with Crippen LogP contribution in [0.5, 0.6) is 0 Å². The highest BCUT2D eigenvalue weighted by Gasteiger charge is 2.19. The Kier molecular flexibility index (Phi) is 6.36. The van der Waals surface area contributed by atoms with Gasteiger partial charge in [0.1, 0.15) is 6.10 Å². The molecule has 1 aromatic carbocycles. The molecule has 6 heteroatoms. The molecule has 1 atom stereocenters. The molecule has 0 aromatic heterocycles. The van der Waals surface area contributed by atoms with Crippen LogP contribution in [0.2, 0.25) is 0 Å². The Morgan fingerprint density at radius 1 is 1.19 bits per heavy atom. The van der Waals surface area contributed by atoms with Crippen LogP contribution in [-0.2, 0) is 19.0 Å². The van der Waals surface area contributed by atoms with Gasteiger partial charge < -0.3 is 4.74 Å². The van der Waals surface area contributed by atoms with Gasteiger partial charge in [-0.25, -0.2) is 4.79 Å². The number of hydrogen-bond donors (Lipinski definition) is 0. The molecule has 0 radical (unpaired) electrons. The van der Waals surface area contributed by atoms with Crippen LogP contribution in [-0.4, -0.2) is 27.2 Å². The first-order chi connectivity index (χ1) is 9.73. The van der Waals surface area contributed by atoms with E-state index in [1.54, 1.807) is 31.2 Å². The van der Waals surface area contributed by atoms with Crippen molar-refractivity contribution in [3.8, 4) is 0 Å². The average Bonchev–Trinajstić information content (AvgIpc) is 2.36. The van der Waals surface area contributed by atoms with Gasteiger partial charge in [0, 0.05) is 0 Å². The lowest BCUT2D eigenvalue weighted by atomic mass is 9.99. The van der Waals surface area contributed by atoms with E-state index in [4.69, 9.17) is 8.92 Å². The fourth-order valence-corrected chi connectivity index (χ4v) is 2.53. The van der Waals surface area contributed by atoms with Gasteiger partial charge in [0.2, 0.25) is 0 Å². The highest BCUT2D eigenvalue weighted by Crippen LogP contribution is 2.27. The molecule has 0 heterocycles. The van der Waals surface area contributed by atoms with Crippen molar-refractivity contribution >= 4 is 16.1 Å². The SMILES string of the molecule is CCOC(=O)c1ccc([C@H](CC(C)C)OS(C)(=O)=O)cc1. The molecule has 0 aliphatic rings. The summed E-state index contributed by atoms with van der Waals surface area (Å²) < 4.78 is 32.8. The van der Waals surface area contributed by atoms with Gasteiger partial charge in [0.25, 0.3) is 10.1 Å². The predicted molar refractivity (Wildman–Crippen MR) is 80.5 cm³/mol. The molecule has 0 amide bonds. The van der Waals surface area contributed by atoms with E-state index in [0.717, 1.165) is 11.8 Å².